The second kappa shape index (κ2) is 23.8. The van der Waals surface area contributed by atoms with Gasteiger partial charge in [-0.2, -0.15) is 0 Å². The minimum absolute atomic E-state index is 0. The second-order valence-electron chi connectivity index (χ2n) is 0. The molecule has 4 heavy (non-hydrogen) atoms. The molecule has 0 radical (unpaired) electrons. The zero-order valence-electron chi connectivity index (χ0n) is 1.62. The maximum absolute atomic E-state index is 8.00. The summed E-state index contributed by atoms with van der Waals surface area (Å²) in [4.78, 5) is 0. The molecule has 0 rings (SSSR count). The fourth-order valence-electron chi connectivity index (χ4n) is 0. The summed E-state index contributed by atoms with van der Waals surface area (Å²) in [6.07, 6.45) is 0. The van der Waals surface area contributed by atoms with E-state index in [4.69, 9.17) is 3.83 Å². The van der Waals surface area contributed by atoms with E-state index in [1.54, 1.807) is 0 Å². The Balaban J connectivity index is -0.00000000500. The van der Waals surface area contributed by atoms with Crippen LogP contribution in [0.1, 0.15) is 0 Å². The van der Waals surface area contributed by atoms with E-state index in [0.29, 0.717) is 0 Å². The van der Waals surface area contributed by atoms with Crippen LogP contribution >= 0.6 is 0 Å². The molecule has 0 aromatic rings. The maximum atomic E-state index is 8.00. The van der Waals surface area contributed by atoms with Gasteiger partial charge in [0.25, 0.3) is 0 Å². The van der Waals surface area contributed by atoms with Crippen molar-refractivity contribution >= 4 is 0 Å². The molecule has 0 amide bonds. The maximum Gasteiger partial charge on any atom is 0 e. The van der Waals surface area contributed by atoms with Crippen molar-refractivity contribution in [2.75, 3.05) is 0 Å². The van der Waals surface area contributed by atoms with Gasteiger partial charge in [-0.25, -0.2) is 0 Å². The zero-order valence-corrected chi connectivity index (χ0v) is 5.39. The van der Waals surface area contributed by atoms with Gasteiger partial charge in [0.2, 0.25) is 0 Å². The SMILES string of the molecule is [Fe].[O]=[Fe].[Ti]. The Kier molecular flexibility index (Phi) is 105. The number of hydrogen-bond donors (Lipinski definition) is 0. The summed E-state index contributed by atoms with van der Waals surface area (Å²) in [6, 6.07) is 0. The summed E-state index contributed by atoms with van der Waals surface area (Å²) < 4.78 is 8.00. The van der Waals surface area contributed by atoms with Crippen molar-refractivity contribution in [3.05, 3.63) is 0 Å². The molecule has 26 valence electrons. The van der Waals surface area contributed by atoms with Crippen molar-refractivity contribution in [1.82, 2.24) is 0 Å². The molecule has 0 heterocycles. The number of hydrogen-bond acceptors (Lipinski definition) is 1. The van der Waals surface area contributed by atoms with Gasteiger partial charge >= 0.3 is 19.8 Å². The molecule has 0 N–H and O–H groups in total. The predicted octanol–water partition coefficient (Wildman–Crippen LogP) is -0.126. The van der Waals surface area contributed by atoms with Crippen LogP contribution in [0.2, 0.25) is 0 Å². The van der Waals surface area contributed by atoms with Crippen LogP contribution in [0.15, 0.2) is 0 Å². The van der Waals surface area contributed by atoms with Gasteiger partial charge in [-0.15, -0.1) is 0 Å². The van der Waals surface area contributed by atoms with E-state index < -0.39 is 0 Å². The third kappa shape index (κ3) is 9.60. The Morgan fingerprint density at radius 3 is 1.25 bits per heavy atom. The van der Waals surface area contributed by atoms with Gasteiger partial charge in [-0.3, -0.25) is 0 Å². The van der Waals surface area contributed by atoms with E-state index >= 15 is 0 Å². The first-order chi connectivity index (χ1) is 1.00. The molecule has 0 bridgehead atoms. The summed E-state index contributed by atoms with van der Waals surface area (Å²) in [5.41, 5.74) is 0. The summed E-state index contributed by atoms with van der Waals surface area (Å²) in [5, 5.41) is 0. The summed E-state index contributed by atoms with van der Waals surface area (Å²) in [5.74, 6) is 0. The molecule has 0 unspecified atom stereocenters. The van der Waals surface area contributed by atoms with E-state index in [2.05, 4.69) is 0 Å². The summed E-state index contributed by atoms with van der Waals surface area (Å²) >= 11 is 2.00. The molecule has 0 saturated carbocycles. The van der Waals surface area contributed by atoms with E-state index in [-0.39, 0.29) is 38.8 Å². The Morgan fingerprint density at radius 2 is 1.25 bits per heavy atom. The first kappa shape index (κ1) is 17.7. The zero-order chi connectivity index (χ0) is 2.00. The average molecular weight is 176 g/mol. The topological polar surface area (TPSA) is 17.1 Å². The molecular weight excluding hydrogens is 176 g/mol. The molecule has 0 fully saturated rings. The van der Waals surface area contributed by atoms with Gasteiger partial charge in [-0.1, -0.05) is 0 Å². The fourth-order valence-corrected chi connectivity index (χ4v) is 0. The summed E-state index contributed by atoms with van der Waals surface area (Å²) in [7, 11) is 0. The Bertz CT molecular complexity index is 6.00. The molecule has 0 atom stereocenters. The largest absolute Gasteiger partial charge is 0 e. The minimum Gasteiger partial charge on any atom is 0 e. The molecule has 0 aliphatic rings. The third-order valence-electron chi connectivity index (χ3n) is 0. The van der Waals surface area contributed by atoms with E-state index in [1.165, 1.54) is 0 Å². The normalized spacial score (nSPS) is 1.25. The van der Waals surface area contributed by atoms with Gasteiger partial charge in [0.1, 0.15) is 0 Å². The standard InChI is InChI=1S/2Fe.O.Ti. The fraction of sp³-hybridized carbons (Fsp3) is 0. The molecule has 0 aliphatic carbocycles. The van der Waals surface area contributed by atoms with E-state index in [1.807, 2.05) is 15.9 Å². The quantitative estimate of drug-likeness (QED) is 0.469. The molecule has 1 nitrogen and oxygen atoms in total. The van der Waals surface area contributed by atoms with Crippen LogP contribution in [0.3, 0.4) is 0 Å². The van der Waals surface area contributed by atoms with Gasteiger partial charge in [-0.05, 0) is 0 Å². The number of rotatable bonds is 0. The van der Waals surface area contributed by atoms with E-state index in [0.717, 1.165) is 0 Å². The second-order valence-corrected chi connectivity index (χ2v) is 0. The van der Waals surface area contributed by atoms with Crippen LogP contribution in [0.4, 0.5) is 0 Å². The van der Waals surface area contributed by atoms with Gasteiger partial charge in [0, 0.05) is 38.8 Å². The Hall–Kier alpha value is 1.55. The smallest absolute Gasteiger partial charge is 0 e. The van der Waals surface area contributed by atoms with Gasteiger partial charge in [0.05, 0.1) is 0 Å². The van der Waals surface area contributed by atoms with Crippen LogP contribution in [-0.2, 0) is 58.6 Å². The molecular formula is Fe2OTi. The molecule has 0 aromatic heterocycles. The van der Waals surface area contributed by atoms with Crippen LogP contribution in [0, 0.1) is 0 Å². The molecule has 0 aromatic carbocycles. The first-order valence-electron chi connectivity index (χ1n) is 0.144. The predicted molar refractivity (Wildman–Crippen MR) is 0.686 cm³/mol. The first-order valence-corrected chi connectivity index (χ1v) is 0.595. The Labute approximate surface area is 58.3 Å². The molecule has 0 aliphatic heterocycles. The van der Waals surface area contributed by atoms with Crippen molar-refractivity contribution in [1.29, 1.82) is 0 Å². The van der Waals surface area contributed by atoms with Gasteiger partial charge < -0.3 is 0 Å². The minimum atomic E-state index is 0. The van der Waals surface area contributed by atoms with Crippen molar-refractivity contribution in [2.45, 2.75) is 0 Å². The van der Waals surface area contributed by atoms with Crippen LogP contribution in [0.5, 0.6) is 0 Å². The van der Waals surface area contributed by atoms with Crippen LogP contribution in [0.25, 0.3) is 0 Å². The van der Waals surface area contributed by atoms with Gasteiger partial charge in [0.15, 0.2) is 0 Å². The molecule has 4 heteroatoms. The molecule has 0 saturated heterocycles. The van der Waals surface area contributed by atoms with Crippen molar-refractivity contribution in [3.8, 4) is 0 Å². The van der Waals surface area contributed by atoms with Crippen molar-refractivity contribution in [3.63, 3.8) is 0 Å². The van der Waals surface area contributed by atoms with Crippen molar-refractivity contribution < 1.29 is 58.6 Å². The van der Waals surface area contributed by atoms with Crippen molar-refractivity contribution in [2.24, 2.45) is 0 Å². The Morgan fingerprint density at radius 1 is 1.25 bits per heavy atom. The molecule has 0 spiro atoms. The monoisotopic (exact) mass is 176 g/mol. The average Bonchev–Trinajstić information content (AvgIpc) is 1.00. The van der Waals surface area contributed by atoms with E-state index in [9.17, 15) is 0 Å². The summed E-state index contributed by atoms with van der Waals surface area (Å²) in [6.45, 7) is 0. The third-order valence-corrected chi connectivity index (χ3v) is 0. The van der Waals surface area contributed by atoms with Crippen LogP contribution in [-0.4, -0.2) is 0 Å². The van der Waals surface area contributed by atoms with Crippen LogP contribution < -0.4 is 0 Å².